The van der Waals surface area contributed by atoms with Gasteiger partial charge in [-0.3, -0.25) is 9.59 Å². The largest absolute Gasteiger partial charge is 0.385 e. The molecule has 3 aliphatic rings. The molecule has 2 heterocycles. The molecule has 6 nitrogen and oxygen atoms in total. The lowest BCUT2D eigenvalue weighted by Crippen LogP contribution is -2.59. The maximum atomic E-state index is 13.1. The number of hydrogen-bond acceptors (Lipinski definition) is 5. The highest BCUT2D eigenvalue weighted by Gasteiger charge is 2.76. The predicted molar refractivity (Wildman–Crippen MR) is 116 cm³/mol. The molecule has 1 aromatic carbocycles. The van der Waals surface area contributed by atoms with Crippen LogP contribution in [0.15, 0.2) is 42.5 Å². The number of ether oxygens (including phenoxy) is 1. The minimum absolute atomic E-state index is 0.0123. The average Bonchev–Trinajstić information content (AvgIpc) is 3.36. The van der Waals surface area contributed by atoms with Crippen LogP contribution in [-0.2, 0) is 20.7 Å². The van der Waals surface area contributed by atoms with E-state index in [2.05, 4.69) is 19.2 Å². The van der Waals surface area contributed by atoms with E-state index in [1.165, 1.54) is 6.92 Å². The number of amides is 1. The van der Waals surface area contributed by atoms with Gasteiger partial charge in [-0.15, -0.1) is 0 Å². The van der Waals surface area contributed by atoms with Crippen LogP contribution in [-0.4, -0.2) is 51.4 Å². The van der Waals surface area contributed by atoms with Crippen molar-refractivity contribution in [3.63, 3.8) is 0 Å². The van der Waals surface area contributed by atoms with Crippen LogP contribution in [0.2, 0.25) is 0 Å². The molecule has 0 spiro atoms. The maximum absolute atomic E-state index is 13.1. The molecule has 0 aromatic heterocycles. The number of Topliss-reactive ketones (excluding diaryl/α,β-unsaturated/α-hetero) is 1. The van der Waals surface area contributed by atoms with E-state index in [0.29, 0.717) is 12.8 Å². The van der Waals surface area contributed by atoms with Crippen LogP contribution in [0.25, 0.3) is 0 Å². The van der Waals surface area contributed by atoms with Crippen LogP contribution in [0.4, 0.5) is 0 Å². The average molecular weight is 428 g/mol. The Kier molecular flexibility index (Phi) is 5.61. The molecule has 0 bridgehead atoms. The quantitative estimate of drug-likeness (QED) is 0.457. The van der Waals surface area contributed by atoms with Gasteiger partial charge in [-0.25, -0.2) is 0 Å². The second-order valence-corrected chi connectivity index (χ2v) is 9.85. The Labute approximate surface area is 183 Å². The van der Waals surface area contributed by atoms with E-state index >= 15 is 0 Å². The van der Waals surface area contributed by atoms with Crippen molar-refractivity contribution in [2.24, 2.45) is 23.7 Å². The zero-order valence-electron chi connectivity index (χ0n) is 18.6. The first-order valence-electron chi connectivity index (χ1n) is 11.2. The van der Waals surface area contributed by atoms with Crippen LogP contribution >= 0.6 is 0 Å². The molecule has 1 aliphatic carbocycles. The summed E-state index contributed by atoms with van der Waals surface area (Å²) < 4.78 is 6.09. The molecule has 2 saturated heterocycles. The van der Waals surface area contributed by atoms with Gasteiger partial charge in [0.2, 0.25) is 0 Å². The fourth-order valence-electron chi connectivity index (χ4n) is 5.82. The van der Waals surface area contributed by atoms with Crippen LogP contribution in [0.5, 0.6) is 0 Å². The fraction of sp³-hybridized carbons (Fsp3) is 0.600. The lowest BCUT2D eigenvalue weighted by atomic mass is 9.59. The Bertz CT molecular complexity index is 885. The van der Waals surface area contributed by atoms with E-state index in [0.717, 1.165) is 5.56 Å². The molecule has 9 atom stereocenters. The first kappa shape index (κ1) is 22.2. The van der Waals surface area contributed by atoms with Gasteiger partial charge in [0.15, 0.2) is 11.4 Å². The minimum atomic E-state index is -1.54. The molecular weight excluding hydrogens is 394 g/mol. The van der Waals surface area contributed by atoms with E-state index in [9.17, 15) is 19.8 Å². The van der Waals surface area contributed by atoms with Crippen molar-refractivity contribution in [1.29, 1.82) is 0 Å². The van der Waals surface area contributed by atoms with E-state index in [1.54, 1.807) is 0 Å². The van der Waals surface area contributed by atoms with Crippen LogP contribution in [0.3, 0.4) is 0 Å². The number of carbonyl (C=O) groups excluding carboxylic acids is 2. The summed E-state index contributed by atoms with van der Waals surface area (Å²) in [4.78, 5) is 24.5. The van der Waals surface area contributed by atoms with E-state index in [4.69, 9.17) is 4.74 Å². The normalized spacial score (nSPS) is 40.7. The molecule has 4 rings (SSSR count). The summed E-state index contributed by atoms with van der Waals surface area (Å²) in [5.74, 6) is -1.58. The van der Waals surface area contributed by atoms with E-state index in [1.807, 2.05) is 49.4 Å². The number of carbonyl (C=O) groups is 2. The Morgan fingerprint density at radius 1 is 1.32 bits per heavy atom. The van der Waals surface area contributed by atoms with Crippen LogP contribution in [0.1, 0.15) is 39.7 Å². The van der Waals surface area contributed by atoms with Gasteiger partial charge in [0.05, 0.1) is 11.7 Å². The summed E-state index contributed by atoms with van der Waals surface area (Å²) in [7, 11) is 0. The van der Waals surface area contributed by atoms with Gasteiger partial charge in [-0.05, 0) is 44.1 Å². The topological polar surface area (TPSA) is 99.2 Å². The third kappa shape index (κ3) is 3.55. The number of aliphatic hydroxyl groups excluding tert-OH is 1. The fourth-order valence-corrected chi connectivity index (χ4v) is 5.82. The molecule has 6 heteroatoms. The molecule has 3 N–H and O–H groups in total. The summed E-state index contributed by atoms with van der Waals surface area (Å²) in [5, 5.41) is 24.8. The number of allylic oxidation sites excluding steroid dienone is 1. The minimum Gasteiger partial charge on any atom is -0.385 e. The molecule has 168 valence electrons. The number of rotatable bonds is 7. The number of aliphatic hydroxyl groups is 2. The highest BCUT2D eigenvalue weighted by Crippen LogP contribution is 2.62. The summed E-state index contributed by atoms with van der Waals surface area (Å²) in [6.45, 7) is 7.32. The van der Waals surface area contributed by atoms with Crippen LogP contribution < -0.4 is 5.32 Å². The first-order valence-corrected chi connectivity index (χ1v) is 11.2. The SMILES string of the molecule is CC(=O)C(O)C(C)CC=CC1C2OC2(C)C(C)C2C(Cc3ccccc3)NC(=O)C12O. The number of nitrogens with one attached hydrogen (secondary N) is 1. The van der Waals surface area contributed by atoms with Gasteiger partial charge in [0.1, 0.15) is 6.10 Å². The molecule has 0 radical (unpaired) electrons. The first-order chi connectivity index (χ1) is 14.6. The summed E-state index contributed by atoms with van der Waals surface area (Å²) in [5.41, 5.74) is -0.803. The smallest absolute Gasteiger partial charge is 0.253 e. The third-order valence-corrected chi connectivity index (χ3v) is 7.89. The zero-order valence-corrected chi connectivity index (χ0v) is 18.6. The molecule has 1 aromatic rings. The summed E-state index contributed by atoms with van der Waals surface area (Å²) in [6, 6.07) is 9.82. The monoisotopic (exact) mass is 427 g/mol. The van der Waals surface area contributed by atoms with Crippen LogP contribution in [0, 0.1) is 23.7 Å². The van der Waals surface area contributed by atoms with Crippen molar-refractivity contribution in [3.05, 3.63) is 48.0 Å². The Morgan fingerprint density at radius 2 is 2.00 bits per heavy atom. The van der Waals surface area contributed by atoms with E-state index < -0.39 is 17.6 Å². The zero-order chi connectivity index (χ0) is 22.6. The number of hydrogen-bond donors (Lipinski definition) is 3. The van der Waals surface area contributed by atoms with Crippen molar-refractivity contribution in [2.45, 2.75) is 70.0 Å². The van der Waals surface area contributed by atoms with Gasteiger partial charge >= 0.3 is 0 Å². The Balaban J connectivity index is 1.59. The number of fused-ring (bicyclic) bond motifs is 2. The molecule has 31 heavy (non-hydrogen) atoms. The summed E-state index contributed by atoms with van der Waals surface area (Å²) in [6.07, 6.45) is 3.62. The van der Waals surface area contributed by atoms with Crippen molar-refractivity contribution >= 4 is 11.7 Å². The molecule has 1 amide bonds. The molecule has 3 fully saturated rings. The van der Waals surface area contributed by atoms with Gasteiger partial charge in [-0.1, -0.05) is 56.3 Å². The van der Waals surface area contributed by atoms with E-state index in [-0.39, 0.29) is 47.2 Å². The summed E-state index contributed by atoms with van der Waals surface area (Å²) >= 11 is 0. The highest BCUT2D eigenvalue weighted by molar-refractivity contribution is 5.90. The second kappa shape index (κ2) is 7.84. The third-order valence-electron chi connectivity index (χ3n) is 7.89. The Morgan fingerprint density at radius 3 is 2.65 bits per heavy atom. The van der Waals surface area contributed by atoms with Crippen molar-refractivity contribution in [3.8, 4) is 0 Å². The molecule has 1 saturated carbocycles. The van der Waals surface area contributed by atoms with Gasteiger partial charge in [0.25, 0.3) is 5.91 Å². The van der Waals surface area contributed by atoms with Crippen molar-refractivity contribution in [2.75, 3.05) is 0 Å². The lowest BCUT2D eigenvalue weighted by molar-refractivity contribution is -0.148. The second-order valence-electron chi connectivity index (χ2n) is 9.85. The van der Waals surface area contributed by atoms with Gasteiger partial charge in [0, 0.05) is 17.9 Å². The number of ketones is 1. The van der Waals surface area contributed by atoms with Crippen molar-refractivity contribution < 1.29 is 24.5 Å². The number of epoxide rings is 1. The number of benzene rings is 1. The Hall–Kier alpha value is -2.02. The van der Waals surface area contributed by atoms with Gasteiger partial charge in [-0.2, -0.15) is 0 Å². The van der Waals surface area contributed by atoms with Gasteiger partial charge < -0.3 is 20.3 Å². The molecule has 2 aliphatic heterocycles. The standard InChI is InChI=1S/C25H33NO5/c1-14(21(28)16(3)27)9-8-12-18-22-24(4,31-22)15(2)20-19(26-23(29)25(18,20)30)13-17-10-6-5-7-11-17/h5-8,10-12,14-15,18-22,28,30H,9,13H2,1-4H3,(H,26,29). The van der Waals surface area contributed by atoms with Crippen molar-refractivity contribution in [1.82, 2.24) is 5.32 Å². The maximum Gasteiger partial charge on any atom is 0.253 e. The highest BCUT2D eigenvalue weighted by atomic mass is 16.6. The molecular formula is C25H33NO5. The predicted octanol–water partition coefficient (Wildman–Crippen LogP) is 2.03. The molecule has 9 unspecified atom stereocenters. The lowest BCUT2D eigenvalue weighted by Gasteiger charge is -2.43.